The maximum absolute atomic E-state index is 10.3. The number of carboxylic acids is 1. The maximum atomic E-state index is 10.3. The Hall–Kier alpha value is -1.97. The number of rotatable bonds is 7. The maximum Gasteiger partial charge on any atom is 0.120 e. The second-order valence-electron chi connectivity index (χ2n) is 4.41. The minimum atomic E-state index is -1.21. The van der Waals surface area contributed by atoms with Crippen molar-refractivity contribution in [2.24, 2.45) is 0 Å². The zero-order valence-corrected chi connectivity index (χ0v) is 11.5. The van der Waals surface area contributed by atoms with Crippen molar-refractivity contribution in [3.8, 4) is 11.5 Å². The van der Waals surface area contributed by atoms with Gasteiger partial charge in [0.15, 0.2) is 0 Å². The van der Waals surface area contributed by atoms with Gasteiger partial charge in [0.05, 0.1) is 12.1 Å². The average molecular weight is 263 g/mol. The van der Waals surface area contributed by atoms with Crippen molar-refractivity contribution in [1.82, 2.24) is 0 Å². The van der Waals surface area contributed by atoms with E-state index in [0.717, 1.165) is 18.2 Å². The van der Waals surface area contributed by atoms with E-state index in [1.54, 1.807) is 19.1 Å². The smallest absolute Gasteiger partial charge is 0.120 e. The fourth-order valence-corrected chi connectivity index (χ4v) is 1.37. The van der Waals surface area contributed by atoms with Crippen LogP contribution in [0.3, 0.4) is 0 Å². The molecule has 4 nitrogen and oxygen atoms in total. The summed E-state index contributed by atoms with van der Waals surface area (Å²) < 4.78 is 11.1. The molecule has 0 radical (unpaired) electrons. The van der Waals surface area contributed by atoms with E-state index in [2.05, 4.69) is 6.92 Å². The van der Waals surface area contributed by atoms with Crippen molar-refractivity contribution in [1.29, 1.82) is 0 Å². The van der Waals surface area contributed by atoms with Gasteiger partial charge in [-0.15, -0.1) is 0 Å². The molecule has 0 saturated carbocycles. The third kappa shape index (κ3) is 5.95. The highest BCUT2D eigenvalue weighted by molar-refractivity contribution is 5.78. The monoisotopic (exact) mass is 263 g/mol. The first kappa shape index (κ1) is 15.1. The molecule has 0 heterocycles. The molecule has 1 aromatic rings. The second-order valence-corrected chi connectivity index (χ2v) is 4.41. The normalized spacial score (nSPS) is 12.9. The van der Waals surface area contributed by atoms with E-state index in [1.165, 1.54) is 0 Å². The van der Waals surface area contributed by atoms with Gasteiger partial charge >= 0.3 is 0 Å². The molecular formula is C15H19O4-. The molecule has 0 aliphatic carbocycles. The number of ether oxygens (including phenoxy) is 2. The van der Waals surface area contributed by atoms with E-state index in [4.69, 9.17) is 9.47 Å². The van der Waals surface area contributed by atoms with Crippen LogP contribution < -0.4 is 14.6 Å². The van der Waals surface area contributed by atoms with E-state index in [-0.39, 0.29) is 12.7 Å². The summed E-state index contributed by atoms with van der Waals surface area (Å²) in [5, 5.41) is 10.3. The quantitative estimate of drug-likeness (QED) is 0.705. The third-order valence-electron chi connectivity index (χ3n) is 2.57. The Morgan fingerprint density at radius 2 is 1.89 bits per heavy atom. The summed E-state index contributed by atoms with van der Waals surface area (Å²) in [5.41, 5.74) is 0.597. The van der Waals surface area contributed by atoms with Crippen LogP contribution in [0, 0.1) is 0 Å². The molecule has 0 aromatic heterocycles. The van der Waals surface area contributed by atoms with Crippen LogP contribution >= 0.6 is 0 Å². The molecule has 0 bridgehead atoms. The van der Waals surface area contributed by atoms with Gasteiger partial charge in [-0.3, -0.25) is 0 Å². The first-order valence-electron chi connectivity index (χ1n) is 6.29. The van der Waals surface area contributed by atoms with Crippen molar-refractivity contribution in [3.63, 3.8) is 0 Å². The molecule has 4 heteroatoms. The molecule has 19 heavy (non-hydrogen) atoms. The first-order valence-corrected chi connectivity index (χ1v) is 6.29. The number of carbonyl (C=O) groups excluding carboxylic acids is 1. The topological polar surface area (TPSA) is 58.6 Å². The number of benzene rings is 1. The minimum Gasteiger partial charge on any atom is -0.545 e. The highest BCUT2D eigenvalue weighted by Crippen LogP contribution is 2.19. The van der Waals surface area contributed by atoms with Gasteiger partial charge in [-0.25, -0.2) is 0 Å². The number of hydrogen-bond acceptors (Lipinski definition) is 4. The van der Waals surface area contributed by atoms with Crippen LogP contribution in [-0.2, 0) is 4.79 Å². The highest BCUT2D eigenvalue weighted by Gasteiger charge is 2.01. The van der Waals surface area contributed by atoms with Crippen LogP contribution in [-0.4, -0.2) is 18.7 Å². The Balaban J connectivity index is 2.51. The fraction of sp³-hybridized carbons (Fsp3) is 0.400. The Morgan fingerprint density at radius 1 is 1.32 bits per heavy atom. The van der Waals surface area contributed by atoms with E-state index in [0.29, 0.717) is 11.3 Å². The Kier molecular flexibility index (Phi) is 5.93. The SMILES string of the molecule is CCC(C)Oc1ccc(OC/C(C)=C/C(=O)[O-])cc1. The molecule has 0 N–H and O–H groups in total. The molecule has 1 unspecified atom stereocenters. The predicted molar refractivity (Wildman–Crippen MR) is 71.1 cm³/mol. The Bertz CT molecular complexity index is 434. The van der Waals surface area contributed by atoms with Crippen LogP contribution in [0.4, 0.5) is 0 Å². The Labute approximate surface area is 113 Å². The van der Waals surface area contributed by atoms with Crippen molar-refractivity contribution in [2.75, 3.05) is 6.61 Å². The lowest BCUT2D eigenvalue weighted by Gasteiger charge is -2.13. The summed E-state index contributed by atoms with van der Waals surface area (Å²) in [5.74, 6) is 0.254. The van der Waals surface area contributed by atoms with Gasteiger partial charge in [0, 0.05) is 0 Å². The molecule has 0 aliphatic rings. The largest absolute Gasteiger partial charge is 0.545 e. The molecule has 1 atom stereocenters. The zero-order valence-electron chi connectivity index (χ0n) is 11.5. The lowest BCUT2D eigenvalue weighted by molar-refractivity contribution is -0.297. The summed E-state index contributed by atoms with van der Waals surface area (Å²) in [7, 11) is 0. The summed E-state index contributed by atoms with van der Waals surface area (Å²) in [6.45, 7) is 5.98. The molecule has 0 spiro atoms. The van der Waals surface area contributed by atoms with Crippen molar-refractivity contribution < 1.29 is 19.4 Å². The van der Waals surface area contributed by atoms with Crippen molar-refractivity contribution >= 4 is 5.97 Å². The van der Waals surface area contributed by atoms with Gasteiger partial charge in [0.2, 0.25) is 0 Å². The Morgan fingerprint density at radius 3 is 2.42 bits per heavy atom. The summed E-state index contributed by atoms with van der Waals surface area (Å²) >= 11 is 0. The van der Waals surface area contributed by atoms with E-state index in [9.17, 15) is 9.90 Å². The van der Waals surface area contributed by atoms with Crippen LogP contribution in [0.5, 0.6) is 11.5 Å². The average Bonchev–Trinajstić information content (AvgIpc) is 2.37. The molecule has 1 rings (SSSR count). The van der Waals surface area contributed by atoms with Gasteiger partial charge in [-0.2, -0.15) is 0 Å². The highest BCUT2D eigenvalue weighted by atomic mass is 16.5. The van der Waals surface area contributed by atoms with Crippen LogP contribution in [0.25, 0.3) is 0 Å². The van der Waals surface area contributed by atoms with Crippen LogP contribution in [0.1, 0.15) is 27.2 Å². The summed E-state index contributed by atoms with van der Waals surface area (Å²) in [6.07, 6.45) is 2.16. The molecule has 0 amide bonds. The molecular weight excluding hydrogens is 244 g/mol. The van der Waals surface area contributed by atoms with Crippen molar-refractivity contribution in [2.45, 2.75) is 33.3 Å². The molecule has 0 fully saturated rings. The van der Waals surface area contributed by atoms with Crippen LogP contribution in [0.2, 0.25) is 0 Å². The van der Waals surface area contributed by atoms with Gasteiger partial charge in [-0.1, -0.05) is 6.92 Å². The molecule has 0 saturated heterocycles. The standard InChI is InChI=1S/C15H20O4/c1-4-12(3)19-14-7-5-13(6-8-14)18-10-11(2)9-15(16)17/h5-9,12H,4,10H2,1-3H3,(H,16,17)/p-1/b11-9+. The summed E-state index contributed by atoms with van der Waals surface area (Å²) in [4.78, 5) is 10.3. The van der Waals surface area contributed by atoms with E-state index >= 15 is 0 Å². The van der Waals surface area contributed by atoms with E-state index in [1.807, 2.05) is 19.1 Å². The number of aliphatic carboxylic acids is 1. The van der Waals surface area contributed by atoms with E-state index < -0.39 is 5.97 Å². The molecule has 104 valence electrons. The summed E-state index contributed by atoms with van der Waals surface area (Å²) in [6, 6.07) is 7.26. The minimum absolute atomic E-state index is 0.181. The molecule has 1 aromatic carbocycles. The predicted octanol–water partition coefficient (Wildman–Crippen LogP) is 1.94. The van der Waals surface area contributed by atoms with Gasteiger partial charge < -0.3 is 19.4 Å². The fourth-order valence-electron chi connectivity index (χ4n) is 1.37. The lowest BCUT2D eigenvalue weighted by atomic mass is 10.3. The van der Waals surface area contributed by atoms with Gasteiger partial charge in [0.25, 0.3) is 0 Å². The van der Waals surface area contributed by atoms with Crippen molar-refractivity contribution in [3.05, 3.63) is 35.9 Å². The number of carboxylic acid groups (broad SMARTS) is 1. The molecule has 0 aliphatic heterocycles. The van der Waals surface area contributed by atoms with Gasteiger partial charge in [0.1, 0.15) is 18.1 Å². The third-order valence-corrected chi connectivity index (χ3v) is 2.57. The second kappa shape index (κ2) is 7.46. The lowest BCUT2D eigenvalue weighted by Crippen LogP contribution is -2.20. The number of hydrogen-bond donors (Lipinski definition) is 0. The van der Waals surface area contributed by atoms with Crippen LogP contribution in [0.15, 0.2) is 35.9 Å². The number of carbonyl (C=O) groups is 1. The van der Waals surface area contributed by atoms with Gasteiger partial charge in [-0.05, 0) is 56.2 Å². The first-order chi connectivity index (χ1) is 9.01. The zero-order chi connectivity index (χ0) is 14.3.